The molecule has 0 bridgehead atoms. The van der Waals surface area contributed by atoms with Crippen LogP contribution in [-0.2, 0) is 0 Å². The minimum atomic E-state index is -0.454. The monoisotopic (exact) mass is 378 g/mol. The van der Waals surface area contributed by atoms with Gasteiger partial charge in [0.25, 0.3) is 0 Å². The lowest BCUT2D eigenvalue weighted by Gasteiger charge is -2.12. The average molecular weight is 379 g/mol. The van der Waals surface area contributed by atoms with Crippen molar-refractivity contribution in [3.63, 3.8) is 0 Å². The van der Waals surface area contributed by atoms with E-state index in [0.717, 1.165) is 16.8 Å². The summed E-state index contributed by atoms with van der Waals surface area (Å²) in [7, 11) is 0. The second-order valence-electron chi connectivity index (χ2n) is 5.82. The third-order valence-corrected chi connectivity index (χ3v) is 4.07. The first kappa shape index (κ1) is 18.4. The number of allylic oxidation sites excluding steroid dienone is 1. The van der Waals surface area contributed by atoms with Gasteiger partial charge in [-0.05, 0) is 72.7 Å². The lowest BCUT2D eigenvalue weighted by atomic mass is 10.1. The number of hydrogen-bond donors (Lipinski definition) is 2. The van der Waals surface area contributed by atoms with E-state index in [1.54, 1.807) is 36.4 Å². The smallest absolute Gasteiger partial charge is 0.168 e. The highest BCUT2D eigenvalue weighted by molar-refractivity contribution is 6.30. The summed E-state index contributed by atoms with van der Waals surface area (Å²) in [5.74, 6) is 0.175. The van der Waals surface area contributed by atoms with Crippen LogP contribution in [0.1, 0.15) is 11.1 Å². The molecule has 1 heterocycles. The number of halogens is 2. The third kappa shape index (κ3) is 4.84. The van der Waals surface area contributed by atoms with Crippen LogP contribution in [0.2, 0.25) is 5.02 Å². The molecule has 1 aromatic heterocycles. The molecule has 3 aromatic rings. The molecule has 0 aliphatic rings. The zero-order chi connectivity index (χ0) is 19.2. The Balaban J connectivity index is 1.81. The Morgan fingerprint density at radius 3 is 2.56 bits per heavy atom. The fourth-order valence-electron chi connectivity index (χ4n) is 2.47. The Kier molecular flexibility index (Phi) is 5.70. The summed E-state index contributed by atoms with van der Waals surface area (Å²) >= 11 is 5.87. The zero-order valence-electron chi connectivity index (χ0n) is 14.5. The Bertz CT molecular complexity index is 1020. The van der Waals surface area contributed by atoms with Crippen LogP contribution in [0.3, 0.4) is 0 Å². The van der Waals surface area contributed by atoms with Gasteiger partial charge in [0.15, 0.2) is 11.6 Å². The van der Waals surface area contributed by atoms with Crippen molar-refractivity contribution in [1.82, 2.24) is 4.98 Å². The van der Waals surface area contributed by atoms with E-state index < -0.39 is 5.82 Å². The number of nitriles is 1. The second-order valence-corrected chi connectivity index (χ2v) is 6.26. The Morgan fingerprint density at radius 2 is 1.85 bits per heavy atom. The van der Waals surface area contributed by atoms with Gasteiger partial charge >= 0.3 is 0 Å². The van der Waals surface area contributed by atoms with Crippen LogP contribution in [0.15, 0.2) is 60.7 Å². The molecular formula is C21H16ClFN4. The van der Waals surface area contributed by atoms with Crippen LogP contribution in [0.5, 0.6) is 0 Å². The summed E-state index contributed by atoms with van der Waals surface area (Å²) < 4.78 is 14.1. The normalized spacial score (nSPS) is 10.6. The predicted octanol–water partition coefficient (Wildman–Crippen LogP) is 6.21. The van der Waals surface area contributed by atoms with Crippen molar-refractivity contribution in [2.45, 2.75) is 6.92 Å². The first-order valence-electron chi connectivity index (χ1n) is 8.18. The van der Waals surface area contributed by atoms with Gasteiger partial charge in [0.05, 0.1) is 6.07 Å². The quantitative estimate of drug-likeness (QED) is 0.518. The van der Waals surface area contributed by atoms with Gasteiger partial charge in [-0.2, -0.15) is 5.26 Å². The van der Waals surface area contributed by atoms with Crippen LogP contribution in [0.25, 0.3) is 6.08 Å². The summed E-state index contributed by atoms with van der Waals surface area (Å²) in [6, 6.07) is 17.6. The van der Waals surface area contributed by atoms with Gasteiger partial charge in [0.1, 0.15) is 5.82 Å². The Hall–Kier alpha value is -3.36. The number of rotatable bonds is 5. The topological polar surface area (TPSA) is 60.7 Å². The fourth-order valence-corrected chi connectivity index (χ4v) is 2.60. The first-order valence-corrected chi connectivity index (χ1v) is 8.56. The highest BCUT2D eigenvalue weighted by Gasteiger charge is 2.08. The van der Waals surface area contributed by atoms with E-state index in [1.165, 1.54) is 12.1 Å². The molecular weight excluding hydrogens is 363 g/mol. The van der Waals surface area contributed by atoms with Crippen LogP contribution < -0.4 is 10.6 Å². The van der Waals surface area contributed by atoms with E-state index in [0.29, 0.717) is 16.5 Å². The molecule has 0 aliphatic heterocycles. The third-order valence-electron chi connectivity index (χ3n) is 3.82. The summed E-state index contributed by atoms with van der Waals surface area (Å²) in [5.41, 5.74) is 3.44. The molecule has 0 fully saturated rings. The van der Waals surface area contributed by atoms with Crippen LogP contribution >= 0.6 is 11.6 Å². The minimum Gasteiger partial charge on any atom is -0.340 e. The molecule has 0 spiro atoms. The van der Waals surface area contributed by atoms with E-state index in [9.17, 15) is 4.39 Å². The molecule has 0 aliphatic carbocycles. The standard InChI is InChI=1S/C21H16ClFN4/c1-14-13-15(3-2-12-24)4-10-19(14)26-20-11-9-18(23)21(27-20)25-17-7-5-16(22)6-8-17/h2-11,13H,1H3,(H2,25,26,27). The van der Waals surface area contributed by atoms with Gasteiger partial charge in [0.2, 0.25) is 0 Å². The highest BCUT2D eigenvalue weighted by Crippen LogP contribution is 2.25. The summed E-state index contributed by atoms with van der Waals surface area (Å²) in [4.78, 5) is 4.31. The van der Waals surface area contributed by atoms with Gasteiger partial charge in [-0.1, -0.05) is 17.7 Å². The minimum absolute atomic E-state index is 0.119. The number of benzene rings is 2. The Morgan fingerprint density at radius 1 is 1.07 bits per heavy atom. The molecule has 0 amide bonds. The average Bonchev–Trinajstić information content (AvgIpc) is 2.66. The van der Waals surface area contributed by atoms with Crippen LogP contribution in [0.4, 0.5) is 27.4 Å². The molecule has 2 N–H and O–H groups in total. The first-order chi connectivity index (χ1) is 13.0. The van der Waals surface area contributed by atoms with E-state index in [-0.39, 0.29) is 5.82 Å². The lowest BCUT2D eigenvalue weighted by Crippen LogP contribution is -2.01. The Labute approximate surface area is 161 Å². The van der Waals surface area contributed by atoms with Gasteiger partial charge in [0, 0.05) is 22.5 Å². The van der Waals surface area contributed by atoms with Gasteiger partial charge in [-0.3, -0.25) is 0 Å². The second kappa shape index (κ2) is 8.35. The molecule has 0 saturated heterocycles. The highest BCUT2D eigenvalue weighted by atomic mass is 35.5. The van der Waals surface area contributed by atoms with E-state index >= 15 is 0 Å². The molecule has 6 heteroatoms. The SMILES string of the molecule is Cc1cc(C=CC#N)ccc1Nc1ccc(F)c(Nc2ccc(Cl)cc2)n1. The van der Waals surface area contributed by atoms with E-state index in [2.05, 4.69) is 15.6 Å². The number of nitrogens with one attached hydrogen (secondary N) is 2. The van der Waals surface area contributed by atoms with E-state index in [4.69, 9.17) is 16.9 Å². The molecule has 4 nitrogen and oxygen atoms in total. The molecule has 27 heavy (non-hydrogen) atoms. The lowest BCUT2D eigenvalue weighted by molar-refractivity contribution is 0.627. The molecule has 0 saturated carbocycles. The van der Waals surface area contributed by atoms with Crippen LogP contribution in [0, 0.1) is 24.1 Å². The van der Waals surface area contributed by atoms with E-state index in [1.807, 2.05) is 31.2 Å². The molecule has 3 rings (SSSR count). The fraction of sp³-hybridized carbons (Fsp3) is 0.0476. The number of anilines is 4. The number of pyridine rings is 1. The summed E-state index contributed by atoms with van der Waals surface area (Å²) in [5, 5.41) is 15.4. The van der Waals surface area contributed by atoms with Gasteiger partial charge in [-0.25, -0.2) is 9.37 Å². The predicted molar refractivity (Wildman–Crippen MR) is 108 cm³/mol. The maximum Gasteiger partial charge on any atom is 0.168 e. The maximum absolute atomic E-state index is 14.1. The van der Waals surface area contributed by atoms with Crippen molar-refractivity contribution >= 4 is 40.7 Å². The van der Waals surface area contributed by atoms with Crippen molar-refractivity contribution < 1.29 is 4.39 Å². The van der Waals surface area contributed by atoms with Gasteiger partial charge in [-0.15, -0.1) is 0 Å². The van der Waals surface area contributed by atoms with Crippen molar-refractivity contribution in [2.24, 2.45) is 0 Å². The number of nitrogens with zero attached hydrogens (tertiary/aromatic N) is 2. The van der Waals surface area contributed by atoms with Crippen molar-refractivity contribution in [1.29, 1.82) is 5.26 Å². The molecule has 0 atom stereocenters. The van der Waals surface area contributed by atoms with Crippen molar-refractivity contribution in [3.8, 4) is 6.07 Å². The molecule has 0 unspecified atom stereocenters. The molecule has 0 radical (unpaired) electrons. The van der Waals surface area contributed by atoms with Crippen molar-refractivity contribution in [2.75, 3.05) is 10.6 Å². The largest absolute Gasteiger partial charge is 0.340 e. The number of hydrogen-bond acceptors (Lipinski definition) is 4. The number of aryl methyl sites for hydroxylation is 1. The summed E-state index contributed by atoms with van der Waals surface area (Å²) in [6.45, 7) is 1.95. The van der Waals surface area contributed by atoms with Crippen LogP contribution in [-0.4, -0.2) is 4.98 Å². The molecule has 134 valence electrons. The van der Waals surface area contributed by atoms with Gasteiger partial charge < -0.3 is 10.6 Å². The number of aromatic nitrogens is 1. The molecule has 2 aromatic carbocycles. The summed E-state index contributed by atoms with van der Waals surface area (Å²) in [6.07, 6.45) is 3.17. The maximum atomic E-state index is 14.1. The zero-order valence-corrected chi connectivity index (χ0v) is 15.3. The van der Waals surface area contributed by atoms with Crippen molar-refractivity contribution in [3.05, 3.63) is 82.6 Å².